The van der Waals surface area contributed by atoms with Gasteiger partial charge >= 0.3 is 0 Å². The van der Waals surface area contributed by atoms with Crippen molar-refractivity contribution in [3.05, 3.63) is 35.4 Å². The fraction of sp³-hybridized carbons (Fsp3) is 0.650. The average Bonchev–Trinajstić information content (AvgIpc) is 3.09. The highest BCUT2D eigenvalue weighted by Gasteiger charge is 2.10. The summed E-state index contributed by atoms with van der Waals surface area (Å²) in [5.41, 5.74) is 2.70. The van der Waals surface area contributed by atoms with E-state index >= 15 is 0 Å². The molecule has 1 heterocycles. The van der Waals surface area contributed by atoms with Gasteiger partial charge in [0.2, 0.25) is 0 Å². The van der Waals surface area contributed by atoms with E-state index in [9.17, 15) is 0 Å². The molecule has 24 heavy (non-hydrogen) atoms. The van der Waals surface area contributed by atoms with Crippen LogP contribution in [-0.2, 0) is 6.54 Å². The minimum absolute atomic E-state index is 0.895. The zero-order valence-electron chi connectivity index (χ0n) is 15.7. The van der Waals surface area contributed by atoms with Crippen LogP contribution in [0.2, 0.25) is 0 Å². The lowest BCUT2D eigenvalue weighted by atomic mass is 10.1. The van der Waals surface area contributed by atoms with Crippen LogP contribution in [0.15, 0.2) is 29.3 Å². The lowest BCUT2D eigenvalue weighted by molar-refractivity contribution is 0.331. The molecule has 1 fully saturated rings. The number of likely N-dealkylation sites (tertiary alicyclic amines) is 1. The van der Waals surface area contributed by atoms with E-state index in [1.165, 1.54) is 56.4 Å². The first kappa shape index (κ1) is 18.8. The van der Waals surface area contributed by atoms with Crippen molar-refractivity contribution >= 4 is 5.96 Å². The summed E-state index contributed by atoms with van der Waals surface area (Å²) in [6.07, 6.45) is 5.19. The van der Waals surface area contributed by atoms with Crippen LogP contribution in [0.1, 0.15) is 43.7 Å². The molecule has 4 nitrogen and oxygen atoms in total. The summed E-state index contributed by atoms with van der Waals surface area (Å²) in [6.45, 7) is 10.8. The van der Waals surface area contributed by atoms with E-state index in [1.54, 1.807) is 0 Å². The molecule has 0 saturated carbocycles. The number of aryl methyl sites for hydroxylation is 1. The molecule has 1 aromatic carbocycles. The van der Waals surface area contributed by atoms with Crippen LogP contribution in [0.25, 0.3) is 0 Å². The monoisotopic (exact) mass is 330 g/mol. The normalized spacial score (nSPS) is 15.7. The second kappa shape index (κ2) is 10.3. The lowest BCUT2D eigenvalue weighted by Crippen LogP contribution is -2.38. The summed E-state index contributed by atoms with van der Waals surface area (Å²) in [5, 5.41) is 3.42. The third-order valence-corrected chi connectivity index (χ3v) is 4.71. The smallest absolute Gasteiger partial charge is 0.193 e. The van der Waals surface area contributed by atoms with Gasteiger partial charge in [-0.15, -0.1) is 0 Å². The van der Waals surface area contributed by atoms with Gasteiger partial charge < -0.3 is 15.1 Å². The van der Waals surface area contributed by atoms with Gasteiger partial charge in [-0.1, -0.05) is 24.3 Å². The van der Waals surface area contributed by atoms with Crippen molar-refractivity contribution in [3.63, 3.8) is 0 Å². The summed E-state index contributed by atoms with van der Waals surface area (Å²) in [7, 11) is 2.12. The molecular weight excluding hydrogens is 296 g/mol. The van der Waals surface area contributed by atoms with Gasteiger partial charge in [-0.05, 0) is 70.3 Å². The molecule has 0 bridgehead atoms. The second-order valence-electron chi connectivity index (χ2n) is 6.77. The fourth-order valence-electron chi connectivity index (χ4n) is 3.23. The maximum Gasteiger partial charge on any atom is 0.193 e. The molecule has 0 atom stereocenters. The van der Waals surface area contributed by atoms with Gasteiger partial charge in [-0.25, -0.2) is 0 Å². The molecule has 0 unspecified atom stereocenters. The Bertz CT molecular complexity index is 506. The standard InChI is InChI=1S/C20H34N4/c1-4-21-20(22-13-7-8-14-24-15-9-10-16-24)23(3)17-19-12-6-5-11-18(19)2/h5-6,11-12H,4,7-10,13-17H2,1-3H3,(H,21,22). The summed E-state index contributed by atoms with van der Waals surface area (Å²) >= 11 is 0. The van der Waals surface area contributed by atoms with Crippen molar-refractivity contribution in [1.29, 1.82) is 0 Å². The minimum atomic E-state index is 0.895. The number of hydrogen-bond donors (Lipinski definition) is 1. The average molecular weight is 331 g/mol. The molecule has 1 aliphatic heterocycles. The number of guanidine groups is 1. The lowest BCUT2D eigenvalue weighted by Gasteiger charge is -2.23. The van der Waals surface area contributed by atoms with Crippen molar-refractivity contribution < 1.29 is 0 Å². The van der Waals surface area contributed by atoms with Gasteiger partial charge in [-0.2, -0.15) is 0 Å². The first-order valence-electron chi connectivity index (χ1n) is 9.47. The summed E-state index contributed by atoms with van der Waals surface area (Å²) < 4.78 is 0. The molecule has 0 aromatic heterocycles. The van der Waals surface area contributed by atoms with Crippen LogP contribution in [0.4, 0.5) is 0 Å². The SMILES string of the molecule is CCNC(=NCCCCN1CCCC1)N(C)Cc1ccccc1C. The fourth-order valence-corrected chi connectivity index (χ4v) is 3.23. The Balaban J connectivity index is 1.79. The number of benzene rings is 1. The number of nitrogens with zero attached hydrogens (tertiary/aromatic N) is 3. The molecule has 1 aromatic rings. The topological polar surface area (TPSA) is 30.9 Å². The predicted molar refractivity (Wildman–Crippen MR) is 104 cm³/mol. The molecule has 0 radical (unpaired) electrons. The van der Waals surface area contributed by atoms with Crippen LogP contribution in [-0.4, -0.2) is 55.5 Å². The first-order chi connectivity index (χ1) is 11.7. The van der Waals surface area contributed by atoms with Crippen LogP contribution < -0.4 is 5.32 Å². The van der Waals surface area contributed by atoms with E-state index in [4.69, 9.17) is 4.99 Å². The molecule has 0 spiro atoms. The van der Waals surface area contributed by atoms with Crippen molar-refractivity contribution in [2.75, 3.05) is 39.8 Å². The quantitative estimate of drug-likeness (QED) is 0.451. The van der Waals surface area contributed by atoms with E-state index in [0.717, 1.165) is 25.6 Å². The zero-order valence-corrected chi connectivity index (χ0v) is 15.7. The van der Waals surface area contributed by atoms with Gasteiger partial charge in [0.25, 0.3) is 0 Å². The first-order valence-corrected chi connectivity index (χ1v) is 9.47. The second-order valence-corrected chi connectivity index (χ2v) is 6.77. The van der Waals surface area contributed by atoms with Gasteiger partial charge in [0.15, 0.2) is 5.96 Å². The Kier molecular flexibility index (Phi) is 8.10. The molecule has 0 amide bonds. The highest BCUT2D eigenvalue weighted by Crippen LogP contribution is 2.10. The Labute approximate surface area is 147 Å². The van der Waals surface area contributed by atoms with Crippen LogP contribution in [0, 0.1) is 6.92 Å². The molecule has 134 valence electrons. The maximum atomic E-state index is 4.82. The zero-order chi connectivity index (χ0) is 17.2. The largest absolute Gasteiger partial charge is 0.357 e. The molecule has 1 aliphatic rings. The predicted octanol–water partition coefficient (Wildman–Crippen LogP) is 3.27. The van der Waals surface area contributed by atoms with Crippen molar-refractivity contribution in [2.45, 2.75) is 46.1 Å². The van der Waals surface area contributed by atoms with Crippen molar-refractivity contribution in [2.24, 2.45) is 4.99 Å². The number of aliphatic imine (C=N–C) groups is 1. The summed E-state index contributed by atoms with van der Waals surface area (Å²) in [4.78, 5) is 9.63. The summed E-state index contributed by atoms with van der Waals surface area (Å²) in [5.74, 6) is 1.02. The third-order valence-electron chi connectivity index (χ3n) is 4.71. The van der Waals surface area contributed by atoms with Crippen molar-refractivity contribution in [3.8, 4) is 0 Å². The molecule has 2 rings (SSSR count). The van der Waals surface area contributed by atoms with Gasteiger partial charge in [0.05, 0.1) is 0 Å². The van der Waals surface area contributed by atoms with E-state index in [2.05, 4.69) is 60.3 Å². The Morgan fingerprint density at radius 1 is 1.21 bits per heavy atom. The third kappa shape index (κ3) is 6.16. The minimum Gasteiger partial charge on any atom is -0.357 e. The highest BCUT2D eigenvalue weighted by atomic mass is 15.3. The Hall–Kier alpha value is -1.55. The molecule has 4 heteroatoms. The van der Waals surface area contributed by atoms with Gasteiger partial charge in [0.1, 0.15) is 0 Å². The number of hydrogen-bond acceptors (Lipinski definition) is 2. The number of rotatable bonds is 8. The van der Waals surface area contributed by atoms with E-state index in [1.807, 2.05) is 0 Å². The van der Waals surface area contributed by atoms with E-state index in [0.29, 0.717) is 0 Å². The van der Waals surface area contributed by atoms with Gasteiger partial charge in [-0.3, -0.25) is 4.99 Å². The number of nitrogens with one attached hydrogen (secondary N) is 1. The van der Waals surface area contributed by atoms with Gasteiger partial charge in [0, 0.05) is 26.7 Å². The number of unbranched alkanes of at least 4 members (excludes halogenated alkanes) is 1. The van der Waals surface area contributed by atoms with Crippen LogP contribution >= 0.6 is 0 Å². The molecule has 0 aliphatic carbocycles. The maximum absolute atomic E-state index is 4.82. The Morgan fingerprint density at radius 2 is 1.96 bits per heavy atom. The van der Waals surface area contributed by atoms with E-state index in [-0.39, 0.29) is 0 Å². The summed E-state index contributed by atoms with van der Waals surface area (Å²) in [6, 6.07) is 8.58. The van der Waals surface area contributed by atoms with Crippen molar-refractivity contribution in [1.82, 2.24) is 15.1 Å². The molecular formula is C20H34N4. The highest BCUT2D eigenvalue weighted by molar-refractivity contribution is 5.79. The van der Waals surface area contributed by atoms with E-state index < -0.39 is 0 Å². The molecule has 1 saturated heterocycles. The Morgan fingerprint density at radius 3 is 2.67 bits per heavy atom. The molecule has 1 N–H and O–H groups in total. The van der Waals surface area contributed by atoms with Crippen LogP contribution in [0.3, 0.4) is 0 Å². The van der Waals surface area contributed by atoms with Crippen LogP contribution in [0.5, 0.6) is 0 Å².